The first-order valence-electron chi connectivity index (χ1n) is 1.39. The Balaban J connectivity index is -0.0000000383. The fourth-order valence-corrected chi connectivity index (χ4v) is 0. The Morgan fingerprint density at radius 1 is 1.18 bits per heavy atom. The molecule has 10 heteroatoms. The van der Waals surface area contributed by atoms with Crippen LogP contribution in [0.3, 0.4) is 0 Å². The third-order valence-electron chi connectivity index (χ3n) is 0. The zero-order chi connectivity index (χ0) is 8.08. The summed E-state index contributed by atoms with van der Waals surface area (Å²) in [5.41, 5.74) is 0. The van der Waals surface area contributed by atoms with E-state index in [-0.39, 0.29) is 73.8 Å². The standard InChI is InChI=1S/CH2O3.Ag.K.H3O4P/c2-1(3)4;;;1-5(2,3)4/h(H2,2,3,4);;;(H3,1,2,3,4)/q;2*+1;/p-2. The third-order valence-corrected chi connectivity index (χ3v) is 0. The largest absolute Gasteiger partial charge is 1.00 e. The molecule has 0 spiro atoms. The first-order chi connectivity index (χ1) is 3.73. The molecule has 0 atom stereocenters. The van der Waals surface area contributed by atoms with Gasteiger partial charge in [0.05, 0.1) is 0 Å². The number of rotatable bonds is 0. The molecule has 0 aromatic heterocycles. The molecule has 11 heavy (non-hydrogen) atoms. The fraction of sp³-hybridized carbons (Fsp3) is 0. The first-order valence-corrected chi connectivity index (χ1v) is 2.96. The molecule has 0 saturated heterocycles. The van der Waals surface area contributed by atoms with Crippen LogP contribution in [-0.4, -0.2) is 20.8 Å². The number of carbonyl (C=O) groups is 1. The molecular weight excluding hydrogens is 302 g/mol. The Morgan fingerprint density at radius 2 is 1.18 bits per heavy atom. The normalized spacial score (nSPS) is 7.55. The average Bonchev–Trinajstić information content (AvgIpc) is 1.19. The average molecular weight is 305 g/mol. The molecule has 0 aliphatic rings. The van der Waals surface area contributed by atoms with E-state index in [1.807, 2.05) is 0 Å². The third kappa shape index (κ3) is 363. The first kappa shape index (κ1) is 23.0. The van der Waals surface area contributed by atoms with Crippen LogP contribution in [0.1, 0.15) is 0 Å². The van der Waals surface area contributed by atoms with E-state index >= 15 is 0 Å². The molecule has 0 aromatic rings. The van der Waals surface area contributed by atoms with E-state index in [4.69, 9.17) is 34.3 Å². The van der Waals surface area contributed by atoms with Crippen molar-refractivity contribution in [2.75, 3.05) is 0 Å². The molecule has 0 saturated carbocycles. The maximum absolute atomic E-state index is 8.88. The van der Waals surface area contributed by atoms with E-state index in [0.717, 1.165) is 0 Å². The van der Waals surface area contributed by atoms with Crippen LogP contribution in [0.15, 0.2) is 0 Å². The number of phosphoric acid groups is 1. The molecule has 0 bridgehead atoms. The Hall–Kier alpha value is 1.76. The van der Waals surface area contributed by atoms with Crippen molar-refractivity contribution < 1.29 is 108 Å². The van der Waals surface area contributed by atoms with Crippen molar-refractivity contribution >= 4 is 14.0 Å². The summed E-state index contributed by atoms with van der Waals surface area (Å²) >= 11 is 0. The smallest absolute Gasteiger partial charge is 0.652 e. The summed E-state index contributed by atoms with van der Waals surface area (Å²) in [6, 6.07) is 0. The Labute approximate surface area is 120 Å². The van der Waals surface area contributed by atoms with Crippen LogP contribution in [0.2, 0.25) is 0 Å². The summed E-state index contributed by atoms with van der Waals surface area (Å²) < 4.78 is 8.88. The minimum absolute atomic E-state index is 0. The topological polar surface area (TPSA) is 141 Å². The molecule has 3 N–H and O–H groups in total. The molecule has 0 amide bonds. The van der Waals surface area contributed by atoms with Crippen LogP contribution < -0.4 is 61.6 Å². The minimum Gasteiger partial charge on any atom is -0.652 e. The van der Waals surface area contributed by atoms with E-state index in [2.05, 4.69) is 0 Å². The molecule has 0 fully saturated rings. The van der Waals surface area contributed by atoms with E-state index < -0.39 is 14.0 Å². The van der Waals surface area contributed by atoms with Gasteiger partial charge in [-0.25, -0.2) is 4.57 Å². The van der Waals surface area contributed by atoms with Gasteiger partial charge in [0.1, 0.15) is 0 Å². The zero-order valence-electron chi connectivity index (χ0n) is 5.22. The van der Waals surface area contributed by atoms with Gasteiger partial charge >= 0.3 is 81.6 Å². The molecule has 0 unspecified atom stereocenters. The van der Waals surface area contributed by atoms with Crippen LogP contribution in [-0.2, 0) is 26.9 Å². The van der Waals surface area contributed by atoms with Crippen molar-refractivity contribution in [1.82, 2.24) is 0 Å². The van der Waals surface area contributed by atoms with Crippen LogP contribution in [0.25, 0.3) is 0 Å². The molecule has 0 aromatic carbocycles. The van der Waals surface area contributed by atoms with Crippen molar-refractivity contribution in [2.24, 2.45) is 0 Å². The number of carboxylic acid groups (broad SMARTS) is 2. The Kier molecular flexibility index (Phi) is 24.6. The summed E-state index contributed by atoms with van der Waals surface area (Å²) in [5.74, 6) is 0. The van der Waals surface area contributed by atoms with Gasteiger partial charge in [0.2, 0.25) is 0 Å². The molecule has 66 valence electrons. The van der Waals surface area contributed by atoms with Crippen molar-refractivity contribution in [1.29, 1.82) is 0 Å². The summed E-state index contributed by atoms with van der Waals surface area (Å²) in [4.78, 5) is 29.9. The van der Waals surface area contributed by atoms with Gasteiger partial charge in [-0.3, -0.25) is 0 Å². The van der Waals surface area contributed by atoms with Crippen molar-refractivity contribution in [3.8, 4) is 0 Å². The van der Waals surface area contributed by atoms with Gasteiger partial charge in [-0.1, -0.05) is 0 Å². The second-order valence-electron chi connectivity index (χ2n) is 0.763. The molecule has 0 radical (unpaired) electrons. The molecule has 0 aliphatic carbocycles. The van der Waals surface area contributed by atoms with Crippen LogP contribution >= 0.6 is 7.82 Å². The predicted octanol–water partition coefficient (Wildman–Crippen LogP) is -6.37. The molecular formula is CH3AgKO7P. The summed E-state index contributed by atoms with van der Waals surface area (Å²) in [5, 5.41) is 16.7. The van der Waals surface area contributed by atoms with Crippen LogP contribution in [0.4, 0.5) is 4.79 Å². The quantitative estimate of drug-likeness (QED) is 0.298. The van der Waals surface area contributed by atoms with Gasteiger partial charge in [-0.05, 0) is 6.16 Å². The van der Waals surface area contributed by atoms with Crippen molar-refractivity contribution in [3.05, 3.63) is 0 Å². The van der Waals surface area contributed by atoms with Crippen molar-refractivity contribution in [2.45, 2.75) is 0 Å². The Morgan fingerprint density at radius 3 is 1.18 bits per heavy atom. The number of hydrogen-bond acceptors (Lipinski definition) is 4. The maximum Gasteiger partial charge on any atom is 1.00 e. The van der Waals surface area contributed by atoms with Gasteiger partial charge in [0.15, 0.2) is 0 Å². The maximum atomic E-state index is 8.88. The van der Waals surface area contributed by atoms with Crippen molar-refractivity contribution in [3.63, 3.8) is 0 Å². The minimum atomic E-state index is -4.64. The SMILES string of the molecule is O=C([O-])[O-].O=P(O)(O)O.[Ag+].[K+]. The second kappa shape index (κ2) is 11.8. The van der Waals surface area contributed by atoms with E-state index in [9.17, 15) is 0 Å². The van der Waals surface area contributed by atoms with Gasteiger partial charge in [0, 0.05) is 0 Å². The Bertz CT molecular complexity index is 118. The van der Waals surface area contributed by atoms with Gasteiger partial charge in [0.25, 0.3) is 0 Å². The molecule has 0 heterocycles. The monoisotopic (exact) mass is 304 g/mol. The second-order valence-corrected chi connectivity index (χ2v) is 1.79. The molecule has 0 rings (SSSR count). The van der Waals surface area contributed by atoms with Gasteiger partial charge < -0.3 is 29.7 Å². The molecule has 0 aliphatic heterocycles. The van der Waals surface area contributed by atoms with Gasteiger partial charge in [-0.2, -0.15) is 0 Å². The van der Waals surface area contributed by atoms with E-state index in [1.54, 1.807) is 0 Å². The number of hydrogen-bond donors (Lipinski definition) is 3. The molecule has 7 nitrogen and oxygen atoms in total. The number of carbonyl (C=O) groups excluding carboxylic acids is 1. The van der Waals surface area contributed by atoms with Crippen LogP contribution in [0.5, 0.6) is 0 Å². The van der Waals surface area contributed by atoms with E-state index in [1.165, 1.54) is 0 Å². The van der Waals surface area contributed by atoms with Gasteiger partial charge in [-0.15, -0.1) is 0 Å². The summed E-state index contributed by atoms with van der Waals surface area (Å²) in [6.45, 7) is 0. The predicted molar refractivity (Wildman–Crippen MR) is 19.7 cm³/mol. The zero-order valence-corrected chi connectivity index (χ0v) is 10.7. The summed E-state index contributed by atoms with van der Waals surface area (Å²) in [7, 11) is -4.64. The fourth-order valence-electron chi connectivity index (χ4n) is 0. The summed E-state index contributed by atoms with van der Waals surface area (Å²) in [6.07, 6.45) is -2.33. The van der Waals surface area contributed by atoms with Crippen LogP contribution in [0, 0.1) is 0 Å². The van der Waals surface area contributed by atoms with E-state index in [0.29, 0.717) is 0 Å².